The number of rotatable bonds is 8. The summed E-state index contributed by atoms with van der Waals surface area (Å²) in [5, 5.41) is 5.75. The Hall–Kier alpha value is -2.18. The van der Waals surface area contributed by atoms with E-state index in [1.165, 1.54) is 5.56 Å². The molecule has 2 aromatic carbocycles. The van der Waals surface area contributed by atoms with Gasteiger partial charge in [-0.15, -0.1) is 0 Å². The molecule has 0 aliphatic rings. The monoisotopic (exact) mass is 417 g/mol. The molecule has 0 aliphatic carbocycles. The van der Waals surface area contributed by atoms with Gasteiger partial charge in [0.25, 0.3) is 0 Å². The highest BCUT2D eigenvalue weighted by Crippen LogP contribution is 2.20. The number of nitrogens with one attached hydrogen (secondary N) is 2. The minimum absolute atomic E-state index is 0.0935. The number of benzene rings is 2. The van der Waals surface area contributed by atoms with E-state index in [1.807, 2.05) is 42.5 Å². The first kappa shape index (κ1) is 20.1. The van der Waals surface area contributed by atoms with Gasteiger partial charge in [0.05, 0.1) is 18.8 Å². The van der Waals surface area contributed by atoms with Crippen LogP contribution < -0.4 is 10.6 Å². The third-order valence-corrected chi connectivity index (χ3v) is 4.64. The van der Waals surface area contributed by atoms with E-state index in [1.54, 1.807) is 11.9 Å². The lowest BCUT2D eigenvalue weighted by molar-refractivity contribution is -0.123. The van der Waals surface area contributed by atoms with Crippen molar-refractivity contribution in [2.45, 2.75) is 12.8 Å². The number of para-hydroxylation sites is 1. The molecule has 0 unspecified atom stereocenters. The number of anilines is 1. The van der Waals surface area contributed by atoms with Gasteiger partial charge in [0.15, 0.2) is 0 Å². The van der Waals surface area contributed by atoms with Crippen LogP contribution in [0, 0.1) is 0 Å². The van der Waals surface area contributed by atoms with Crippen molar-refractivity contribution >= 4 is 33.4 Å². The fraction of sp³-hybridized carbons (Fsp3) is 0.300. The van der Waals surface area contributed by atoms with Crippen LogP contribution in [-0.2, 0) is 9.59 Å². The van der Waals surface area contributed by atoms with Crippen molar-refractivity contribution in [1.82, 2.24) is 10.2 Å². The number of likely N-dealkylation sites (N-methyl/N-ethyl adjacent to an activating group) is 1. The van der Waals surface area contributed by atoms with Crippen LogP contribution in [0.4, 0.5) is 5.69 Å². The largest absolute Gasteiger partial charge is 0.354 e. The number of hydrogen-bond donors (Lipinski definition) is 2. The molecule has 2 rings (SSSR count). The van der Waals surface area contributed by atoms with Crippen molar-refractivity contribution in [2.24, 2.45) is 0 Å². The molecule has 2 aromatic rings. The van der Waals surface area contributed by atoms with Gasteiger partial charge in [0, 0.05) is 11.0 Å². The predicted molar refractivity (Wildman–Crippen MR) is 108 cm³/mol. The van der Waals surface area contributed by atoms with Crippen LogP contribution >= 0.6 is 15.9 Å². The minimum Gasteiger partial charge on any atom is -0.354 e. The SMILES string of the molecule is C[C@@H](CNC(=O)CN(C)CC(=O)Nc1ccccc1Br)c1ccccc1. The van der Waals surface area contributed by atoms with E-state index in [4.69, 9.17) is 0 Å². The van der Waals surface area contributed by atoms with Gasteiger partial charge >= 0.3 is 0 Å². The number of carbonyl (C=O) groups excluding carboxylic acids is 2. The highest BCUT2D eigenvalue weighted by atomic mass is 79.9. The van der Waals surface area contributed by atoms with Crippen LogP contribution in [0.25, 0.3) is 0 Å². The molecular weight excluding hydrogens is 394 g/mol. The zero-order chi connectivity index (χ0) is 18.9. The van der Waals surface area contributed by atoms with E-state index in [0.29, 0.717) is 12.2 Å². The van der Waals surface area contributed by atoms with Crippen LogP contribution in [-0.4, -0.2) is 43.4 Å². The Morgan fingerprint density at radius 2 is 1.62 bits per heavy atom. The van der Waals surface area contributed by atoms with Crippen molar-refractivity contribution in [3.63, 3.8) is 0 Å². The van der Waals surface area contributed by atoms with Crippen molar-refractivity contribution in [3.05, 3.63) is 64.6 Å². The van der Waals surface area contributed by atoms with E-state index >= 15 is 0 Å². The van der Waals surface area contributed by atoms with E-state index < -0.39 is 0 Å². The summed E-state index contributed by atoms with van der Waals surface area (Å²) >= 11 is 3.39. The molecule has 138 valence electrons. The summed E-state index contributed by atoms with van der Waals surface area (Å²) in [5.74, 6) is -0.0157. The van der Waals surface area contributed by atoms with Gasteiger partial charge in [-0.05, 0) is 46.6 Å². The van der Waals surface area contributed by atoms with Crippen LogP contribution in [0.2, 0.25) is 0 Å². The van der Waals surface area contributed by atoms with Crippen molar-refractivity contribution < 1.29 is 9.59 Å². The second kappa shape index (κ2) is 10.1. The number of halogens is 1. The molecule has 2 amide bonds. The summed E-state index contributed by atoms with van der Waals surface area (Å²) in [5.41, 5.74) is 1.90. The predicted octanol–water partition coefficient (Wildman–Crippen LogP) is 3.24. The van der Waals surface area contributed by atoms with E-state index in [2.05, 4.69) is 45.6 Å². The lowest BCUT2D eigenvalue weighted by atomic mass is 10.0. The Morgan fingerprint density at radius 3 is 2.31 bits per heavy atom. The van der Waals surface area contributed by atoms with Crippen LogP contribution in [0.3, 0.4) is 0 Å². The Balaban J connectivity index is 1.73. The molecule has 5 nitrogen and oxygen atoms in total. The normalized spacial score (nSPS) is 11.8. The lowest BCUT2D eigenvalue weighted by Gasteiger charge is -2.18. The third-order valence-electron chi connectivity index (χ3n) is 3.95. The van der Waals surface area contributed by atoms with Gasteiger partial charge in [-0.2, -0.15) is 0 Å². The molecule has 0 fully saturated rings. The summed E-state index contributed by atoms with van der Waals surface area (Å²) in [6, 6.07) is 17.5. The number of carbonyl (C=O) groups is 2. The highest BCUT2D eigenvalue weighted by Gasteiger charge is 2.13. The zero-order valence-corrected chi connectivity index (χ0v) is 16.6. The fourth-order valence-electron chi connectivity index (χ4n) is 2.52. The summed E-state index contributed by atoms with van der Waals surface area (Å²) in [7, 11) is 1.75. The van der Waals surface area contributed by atoms with Crippen LogP contribution in [0.5, 0.6) is 0 Å². The first-order valence-electron chi connectivity index (χ1n) is 8.50. The van der Waals surface area contributed by atoms with Crippen LogP contribution in [0.15, 0.2) is 59.1 Å². The lowest BCUT2D eigenvalue weighted by Crippen LogP contribution is -2.40. The second-order valence-electron chi connectivity index (χ2n) is 6.32. The average molecular weight is 418 g/mol. The summed E-state index contributed by atoms with van der Waals surface area (Å²) in [6.07, 6.45) is 0. The van der Waals surface area contributed by atoms with Gasteiger partial charge in [-0.3, -0.25) is 14.5 Å². The smallest absolute Gasteiger partial charge is 0.238 e. The molecule has 1 atom stereocenters. The molecule has 0 aromatic heterocycles. The average Bonchev–Trinajstić information content (AvgIpc) is 2.62. The Labute approximate surface area is 162 Å². The molecule has 0 heterocycles. The van der Waals surface area contributed by atoms with Gasteiger partial charge in [-0.1, -0.05) is 49.4 Å². The minimum atomic E-state index is -0.162. The summed E-state index contributed by atoms with van der Waals surface area (Å²) in [6.45, 7) is 2.96. The number of hydrogen-bond acceptors (Lipinski definition) is 3. The fourth-order valence-corrected chi connectivity index (χ4v) is 2.90. The number of amides is 2. The van der Waals surface area contributed by atoms with Gasteiger partial charge in [0.2, 0.25) is 11.8 Å². The standard InChI is InChI=1S/C20H24BrN3O2/c1-15(16-8-4-3-5-9-16)12-22-19(25)13-24(2)14-20(26)23-18-11-7-6-10-17(18)21/h3-11,15H,12-14H2,1-2H3,(H,22,25)(H,23,26)/t15-/m0/s1. The summed E-state index contributed by atoms with van der Waals surface area (Å²) < 4.78 is 0.823. The zero-order valence-electron chi connectivity index (χ0n) is 15.0. The van der Waals surface area contributed by atoms with Crippen LogP contribution in [0.1, 0.15) is 18.4 Å². The first-order valence-corrected chi connectivity index (χ1v) is 9.29. The quantitative estimate of drug-likeness (QED) is 0.692. The molecule has 0 radical (unpaired) electrons. The van der Waals surface area contributed by atoms with Crippen molar-refractivity contribution in [2.75, 3.05) is 32.0 Å². The maximum absolute atomic E-state index is 12.1. The number of nitrogens with zero attached hydrogens (tertiary/aromatic N) is 1. The molecule has 26 heavy (non-hydrogen) atoms. The topological polar surface area (TPSA) is 61.4 Å². The maximum Gasteiger partial charge on any atom is 0.238 e. The Morgan fingerprint density at radius 1 is 1.00 bits per heavy atom. The molecule has 0 saturated carbocycles. The van der Waals surface area contributed by atoms with Gasteiger partial charge in [-0.25, -0.2) is 0 Å². The molecule has 0 bridgehead atoms. The van der Waals surface area contributed by atoms with E-state index in [9.17, 15) is 9.59 Å². The molecule has 0 aliphatic heterocycles. The molecule has 0 saturated heterocycles. The van der Waals surface area contributed by atoms with Gasteiger partial charge in [0.1, 0.15) is 0 Å². The van der Waals surface area contributed by atoms with Crippen molar-refractivity contribution in [3.8, 4) is 0 Å². The summed E-state index contributed by atoms with van der Waals surface area (Å²) in [4.78, 5) is 25.9. The molecular formula is C20H24BrN3O2. The third kappa shape index (κ3) is 6.61. The first-order chi connectivity index (χ1) is 12.5. The maximum atomic E-state index is 12.1. The van der Waals surface area contributed by atoms with Gasteiger partial charge < -0.3 is 10.6 Å². The Bertz CT molecular complexity index is 737. The molecule has 6 heteroatoms. The van der Waals surface area contributed by atoms with E-state index in [-0.39, 0.29) is 30.8 Å². The van der Waals surface area contributed by atoms with E-state index in [0.717, 1.165) is 4.47 Å². The molecule has 0 spiro atoms. The Kier molecular flexibility index (Phi) is 7.81. The van der Waals surface area contributed by atoms with Crippen molar-refractivity contribution in [1.29, 1.82) is 0 Å². The second-order valence-corrected chi connectivity index (χ2v) is 7.17. The molecule has 2 N–H and O–H groups in total. The highest BCUT2D eigenvalue weighted by molar-refractivity contribution is 9.10.